The Labute approximate surface area is 75.4 Å². The summed E-state index contributed by atoms with van der Waals surface area (Å²) >= 11 is 0. The van der Waals surface area contributed by atoms with Gasteiger partial charge in [-0.3, -0.25) is 4.42 Å². The molecule has 0 spiro atoms. The Hall–Kier alpha value is -0.530. The number of aliphatic hydroxyl groups is 1. The molecule has 0 heterocycles. The molecule has 0 amide bonds. The lowest BCUT2D eigenvalue weighted by Crippen LogP contribution is -2.44. The molecule has 0 aliphatic carbocycles. The Bertz CT molecular complexity index is 150. The summed E-state index contributed by atoms with van der Waals surface area (Å²) in [5.41, 5.74) is 0. The molecule has 6 heteroatoms. The zero-order valence-electron chi connectivity index (χ0n) is 6.92. The first-order chi connectivity index (χ1) is 6.04. The van der Waals surface area contributed by atoms with E-state index in [0.29, 0.717) is 0 Å². The van der Waals surface area contributed by atoms with Gasteiger partial charge in [0.25, 0.3) is 13.4 Å². The van der Waals surface area contributed by atoms with Crippen molar-refractivity contribution in [1.82, 2.24) is 0 Å². The largest absolute Gasteiger partial charge is 0.393 e. The third-order valence-electron chi connectivity index (χ3n) is 1.52. The fourth-order valence-corrected chi connectivity index (χ4v) is 0.738. The highest BCUT2D eigenvalue weighted by atomic mass is 16.4. The van der Waals surface area contributed by atoms with E-state index in [9.17, 15) is 20.4 Å². The van der Waals surface area contributed by atoms with Crippen LogP contribution in [0.5, 0.6) is 0 Å². The monoisotopic (exact) mass is 191 g/mol. The van der Waals surface area contributed by atoms with Crippen LogP contribution in [-0.2, 0) is 24.9 Å². The van der Waals surface area contributed by atoms with Gasteiger partial charge in [0.05, 0.1) is 6.61 Å². The van der Waals surface area contributed by atoms with Crippen molar-refractivity contribution in [2.45, 2.75) is 24.4 Å². The molecule has 0 unspecified atom stereocenters. The first-order valence-electron chi connectivity index (χ1n) is 3.65. The summed E-state index contributed by atoms with van der Waals surface area (Å²) in [7, 11) is 0. The molecule has 74 valence electrons. The van der Waals surface area contributed by atoms with E-state index in [1.807, 2.05) is 0 Å². The summed E-state index contributed by atoms with van der Waals surface area (Å²) in [5, 5.41) is 51.3. The molecule has 0 rings (SSSR count). The Morgan fingerprint density at radius 3 is 1.92 bits per heavy atom. The minimum Gasteiger partial charge on any atom is -0.393 e. The summed E-state index contributed by atoms with van der Waals surface area (Å²) in [5.74, 6) is 0. The number of carbonyl (C=O) groups excluding carboxylic acids is 1. The van der Waals surface area contributed by atoms with Gasteiger partial charge in [0, 0.05) is 0 Å². The van der Waals surface area contributed by atoms with Crippen LogP contribution < -0.4 is 0 Å². The average molecular weight is 191 g/mol. The molecule has 0 fully saturated rings. The maximum Gasteiger partial charge on any atom is 0.293 e. The van der Waals surface area contributed by atoms with Crippen LogP contribution in [0.2, 0.25) is 0 Å². The molecule has 0 aromatic carbocycles. The van der Waals surface area contributed by atoms with Crippen LogP contribution in [0.15, 0.2) is 0 Å². The lowest BCUT2D eigenvalue weighted by molar-refractivity contribution is -0.468. The molecular weight excluding hydrogens is 180 g/mol. The maximum atomic E-state index is 10.9. The van der Waals surface area contributed by atoms with Gasteiger partial charge in [0.15, 0.2) is 12.2 Å². The molecule has 0 bridgehead atoms. The van der Waals surface area contributed by atoms with Crippen LogP contribution in [0.25, 0.3) is 0 Å². The number of rotatable bonds is 6. The predicted molar refractivity (Wildman–Crippen MR) is 37.0 cm³/mol. The number of hydrogen-bond donors (Lipinski definition) is 1. The van der Waals surface area contributed by atoms with Crippen molar-refractivity contribution in [2.24, 2.45) is 0 Å². The molecule has 0 saturated heterocycles. The normalized spacial score (nSPS) is 20.4. The highest BCUT2D eigenvalue weighted by Gasteiger charge is 2.37. The fraction of sp³-hybridized carbons (Fsp3) is 0.857. The van der Waals surface area contributed by atoms with Crippen molar-refractivity contribution in [3.05, 3.63) is 0 Å². The highest BCUT2D eigenvalue weighted by molar-refractivity contribution is 5.12. The molecule has 0 aromatic rings. The van der Waals surface area contributed by atoms with E-state index >= 15 is 0 Å². The van der Waals surface area contributed by atoms with Crippen LogP contribution in [0.3, 0.4) is 0 Å². The quantitative estimate of drug-likeness (QED) is 0.508. The summed E-state index contributed by atoms with van der Waals surface area (Å²) in [6.45, 7) is 1.42. The zero-order chi connectivity index (χ0) is 10.4. The first kappa shape index (κ1) is 12.5. The number of hydrogen-bond acceptors (Lipinski definition) is 1. The Morgan fingerprint density at radius 1 is 1.08 bits per heavy atom. The van der Waals surface area contributed by atoms with E-state index in [1.54, 1.807) is 0 Å². The molecule has 0 aromatic heterocycles. The van der Waals surface area contributed by atoms with Crippen LogP contribution in [-0.4, -0.2) is 49.5 Å². The molecule has 1 N–H and O–H groups in total. The molecule has 0 aliphatic heterocycles. The van der Waals surface area contributed by atoms with Crippen LogP contribution >= 0.6 is 0 Å². The lowest BCUT2D eigenvalue weighted by Gasteiger charge is -2.16. The third-order valence-corrected chi connectivity index (χ3v) is 1.52. The van der Waals surface area contributed by atoms with Crippen molar-refractivity contribution in [1.29, 1.82) is 0 Å². The molecule has 0 saturated carbocycles. The van der Waals surface area contributed by atoms with E-state index in [-0.39, 0.29) is 0 Å². The van der Waals surface area contributed by atoms with Gasteiger partial charge < -0.3 is 5.11 Å². The molecule has 13 heavy (non-hydrogen) atoms. The highest BCUT2D eigenvalue weighted by Crippen LogP contribution is 2.06. The Balaban J connectivity index is 4.06. The van der Waals surface area contributed by atoms with Gasteiger partial charge in [-0.2, -0.15) is 0 Å². The molecule has 6 nitrogen and oxygen atoms in total. The average Bonchev–Trinajstić information content (AvgIpc) is 2.14. The standard InChI is InChI=1S/C7H11O6/c1-13-3-5(10)7(12)6(11)4(9)2-8/h4-8H,1-3H2/q+1/t4-,5-,6-,7-/m1/s1. The molecule has 4 radical (unpaired) electrons. The summed E-state index contributed by atoms with van der Waals surface area (Å²) in [4.78, 5) is 0. The molecule has 0 aliphatic rings. The van der Waals surface area contributed by atoms with Gasteiger partial charge in [-0.25, -0.2) is 20.4 Å². The van der Waals surface area contributed by atoms with Crippen molar-refractivity contribution >= 4 is 6.79 Å². The van der Waals surface area contributed by atoms with Gasteiger partial charge in [-0.15, -0.1) is 0 Å². The summed E-state index contributed by atoms with van der Waals surface area (Å²) < 4.78 is 4.12. The van der Waals surface area contributed by atoms with Crippen molar-refractivity contribution in [3.8, 4) is 0 Å². The van der Waals surface area contributed by atoms with Gasteiger partial charge in [-0.05, 0) is 0 Å². The Morgan fingerprint density at radius 2 is 1.54 bits per heavy atom. The van der Waals surface area contributed by atoms with Gasteiger partial charge in [0.1, 0.15) is 6.10 Å². The van der Waals surface area contributed by atoms with Gasteiger partial charge >= 0.3 is 0 Å². The van der Waals surface area contributed by atoms with E-state index in [1.165, 1.54) is 0 Å². The molecule has 4 atom stereocenters. The topological polar surface area (TPSA) is 111 Å². The van der Waals surface area contributed by atoms with E-state index in [2.05, 4.69) is 11.2 Å². The second kappa shape index (κ2) is 6.01. The van der Waals surface area contributed by atoms with E-state index < -0.39 is 37.6 Å². The maximum absolute atomic E-state index is 10.9. The van der Waals surface area contributed by atoms with E-state index in [0.717, 1.165) is 0 Å². The van der Waals surface area contributed by atoms with Crippen LogP contribution in [0, 0.1) is 0 Å². The van der Waals surface area contributed by atoms with Crippen molar-refractivity contribution < 1.29 is 30.0 Å². The van der Waals surface area contributed by atoms with Gasteiger partial charge in [-0.1, -0.05) is 0 Å². The molecular formula is C7H11O6+. The Kier molecular flexibility index (Phi) is 5.76. The van der Waals surface area contributed by atoms with Gasteiger partial charge in [0.2, 0.25) is 6.10 Å². The predicted octanol–water partition coefficient (Wildman–Crippen LogP) is -1.46. The SMILES string of the molecule is C=[O+]C[C@@H]([O])[C@@H]([O])[C@H]([O])[C@H]([O])CO. The van der Waals surface area contributed by atoms with E-state index in [4.69, 9.17) is 5.11 Å². The minimum absolute atomic E-state index is 0.509. The smallest absolute Gasteiger partial charge is 0.293 e. The second-order valence-electron chi connectivity index (χ2n) is 2.56. The van der Waals surface area contributed by atoms with Crippen molar-refractivity contribution in [2.75, 3.05) is 13.2 Å². The minimum atomic E-state index is -2.15. The third kappa shape index (κ3) is 3.79. The second-order valence-corrected chi connectivity index (χ2v) is 2.56. The van der Waals surface area contributed by atoms with Crippen LogP contribution in [0.1, 0.15) is 0 Å². The summed E-state index contributed by atoms with van der Waals surface area (Å²) in [6.07, 6.45) is -8.04. The van der Waals surface area contributed by atoms with Crippen LogP contribution in [0.4, 0.5) is 0 Å². The van der Waals surface area contributed by atoms with Crippen molar-refractivity contribution in [3.63, 3.8) is 0 Å². The summed E-state index contributed by atoms with van der Waals surface area (Å²) in [6, 6.07) is 0. The number of aliphatic hydroxyl groups excluding tert-OH is 1. The lowest BCUT2D eigenvalue weighted by atomic mass is 10.0. The fourth-order valence-electron chi connectivity index (χ4n) is 0.738. The first-order valence-corrected chi connectivity index (χ1v) is 3.65. The zero-order valence-corrected chi connectivity index (χ0v) is 6.92.